The van der Waals surface area contributed by atoms with E-state index < -0.39 is 23.5 Å². The molecule has 31 heteroatoms. The second-order valence-corrected chi connectivity index (χ2v) is 38.7. The zero-order valence-electron chi connectivity index (χ0n) is 74.7. The molecule has 4 aromatic carbocycles. The van der Waals surface area contributed by atoms with E-state index in [1.54, 1.807) is 43.3 Å². The van der Waals surface area contributed by atoms with Crippen molar-refractivity contribution >= 4 is 131 Å². The van der Waals surface area contributed by atoms with Crippen LogP contribution in [0, 0.1) is 29.6 Å². The van der Waals surface area contributed by atoms with E-state index in [0.717, 1.165) is 205 Å². The number of anilines is 2. The number of likely N-dealkylation sites (tertiary alicyclic amines) is 3. The molecule has 0 amide bonds. The number of ether oxygens (including phenoxy) is 4. The highest BCUT2D eigenvalue weighted by molar-refractivity contribution is 9.11. The van der Waals surface area contributed by atoms with Crippen molar-refractivity contribution in [1.29, 1.82) is 0 Å². The Balaban J connectivity index is 0.000000148. The van der Waals surface area contributed by atoms with E-state index in [9.17, 15) is 38.7 Å². The highest BCUT2D eigenvalue weighted by Gasteiger charge is 2.52. The number of Topliss-reactive ketones (excluding diaryl/α,β-unsaturated/α-hetero) is 1. The fraction of sp³-hybridized carbons (Fsp3) is 0.500. The van der Waals surface area contributed by atoms with Crippen molar-refractivity contribution < 1.29 is 67.8 Å². The summed E-state index contributed by atoms with van der Waals surface area (Å²) in [6.45, 7) is 25.1. The van der Waals surface area contributed by atoms with Crippen molar-refractivity contribution in [2.24, 2.45) is 36.6 Å². The smallest absolute Gasteiger partial charge is 0.309 e. The van der Waals surface area contributed by atoms with Gasteiger partial charge in [-0.3, -0.25) is 67.9 Å². The average Bonchev–Trinajstić information content (AvgIpc) is 1.06. The number of carbonyl (C=O) groups is 7. The molecule has 10 aliphatic heterocycles. The second-order valence-electron chi connectivity index (χ2n) is 35.4. The molecule has 25 nitrogen and oxygen atoms in total. The van der Waals surface area contributed by atoms with Gasteiger partial charge in [0.2, 0.25) is 0 Å². The van der Waals surface area contributed by atoms with Gasteiger partial charge in [-0.1, -0.05) is 196 Å². The van der Waals surface area contributed by atoms with E-state index in [1.165, 1.54) is 22.9 Å². The number of ketones is 1. The minimum absolute atomic E-state index is 0.00981. The van der Waals surface area contributed by atoms with Gasteiger partial charge in [-0.25, -0.2) is 0 Å². The molecule has 5 atom stereocenters. The number of hydrogen-bond acceptors (Lipinski definition) is 22. The number of halogens is 6. The van der Waals surface area contributed by atoms with E-state index in [1.807, 2.05) is 56.0 Å². The van der Waals surface area contributed by atoms with Crippen LogP contribution in [0.5, 0.6) is 0 Å². The quantitative estimate of drug-likeness (QED) is 0.0616. The highest BCUT2D eigenvalue weighted by Crippen LogP contribution is 2.48. The first-order chi connectivity index (χ1) is 61.7. The van der Waals surface area contributed by atoms with Crippen LogP contribution >= 0.6 is 78.3 Å². The molecule has 18 rings (SSSR count). The fourth-order valence-corrected chi connectivity index (χ4v) is 20.4. The molecule has 14 heterocycles. The molecule has 4 spiro atoms. The van der Waals surface area contributed by atoms with Crippen LogP contribution in [-0.2, 0) is 79.2 Å². The topological polar surface area (TPSA) is 302 Å². The molecule has 4 N–H and O–H groups in total. The Bertz CT molecular complexity index is 4980. The summed E-state index contributed by atoms with van der Waals surface area (Å²) in [5, 5.41) is 36.9. The van der Waals surface area contributed by atoms with E-state index in [-0.39, 0.29) is 58.6 Å². The molecule has 0 bridgehead atoms. The maximum absolute atomic E-state index is 11.8. The number of aromatic nitrogens is 5. The van der Waals surface area contributed by atoms with E-state index in [4.69, 9.17) is 75.6 Å². The first-order valence-electron chi connectivity index (χ1n) is 44.7. The molecule has 10 aliphatic rings. The van der Waals surface area contributed by atoms with Crippen molar-refractivity contribution in [2.75, 3.05) is 88.3 Å². The number of esters is 4. The predicted octanol–water partition coefficient (Wildman–Crippen LogP) is 18.7. The summed E-state index contributed by atoms with van der Waals surface area (Å²) in [7, 11) is 1.91. The Morgan fingerprint density at radius 2 is 0.822 bits per heavy atom. The Labute approximate surface area is 794 Å². The molecule has 0 aliphatic carbocycles. The van der Waals surface area contributed by atoms with E-state index in [0.29, 0.717) is 82.2 Å². The predicted molar refractivity (Wildman–Crippen MR) is 509 cm³/mol. The number of nitrogens with zero attached hydrogens (tertiary/aromatic N) is 10. The lowest BCUT2D eigenvalue weighted by Gasteiger charge is -2.42. The Morgan fingerprint density at radius 3 is 1.19 bits per heavy atom. The van der Waals surface area contributed by atoms with Gasteiger partial charge >= 0.3 is 35.8 Å². The van der Waals surface area contributed by atoms with Crippen LogP contribution in [0.25, 0.3) is 22.3 Å². The molecule has 5 unspecified atom stereocenters. The molecule has 694 valence electrons. The molecule has 129 heavy (non-hydrogen) atoms. The monoisotopic (exact) mass is 1970 g/mol. The van der Waals surface area contributed by atoms with Gasteiger partial charge in [-0.2, -0.15) is 5.10 Å². The van der Waals surface area contributed by atoms with Gasteiger partial charge < -0.3 is 49.4 Å². The molecule has 0 radical (unpaired) electrons. The Morgan fingerprint density at radius 1 is 0.465 bits per heavy atom. The largest absolute Gasteiger partial charge is 0.481 e. The number of aliphatic hydroxyl groups is 1. The number of aliphatic carboxylic acids is 2. The summed E-state index contributed by atoms with van der Waals surface area (Å²) in [5.74, 6) is -0.765. The van der Waals surface area contributed by atoms with Gasteiger partial charge in [-0.05, 0) is 92.5 Å². The maximum Gasteiger partial charge on any atom is 0.309 e. The third-order valence-electron chi connectivity index (χ3n) is 26.8. The number of nitrogens with one attached hydrogen (secondary N) is 1. The summed E-state index contributed by atoms with van der Waals surface area (Å²) >= 11 is 30.8. The Kier molecular flexibility index (Phi) is 37.0. The minimum atomic E-state index is -1.06. The molecule has 0 saturated carbocycles. The van der Waals surface area contributed by atoms with Crippen LogP contribution in [-0.4, -0.2) is 203 Å². The first kappa shape index (κ1) is 101. The molecule has 4 aromatic heterocycles. The zero-order chi connectivity index (χ0) is 92.6. The number of carboxylic acid groups (broad SMARTS) is 2. The number of aryl methyl sites for hydroxylation is 1. The van der Waals surface area contributed by atoms with Gasteiger partial charge in [0.25, 0.3) is 0 Å². The van der Waals surface area contributed by atoms with Crippen molar-refractivity contribution in [3.63, 3.8) is 0 Å². The van der Waals surface area contributed by atoms with Crippen LogP contribution in [0.1, 0.15) is 167 Å². The maximum atomic E-state index is 11.8. The summed E-state index contributed by atoms with van der Waals surface area (Å²) < 4.78 is 25.9. The number of rotatable bonds is 13. The summed E-state index contributed by atoms with van der Waals surface area (Å²) in [6, 6.07) is 39.6. The number of carbonyl (C=O) groups excluding carboxylic acids is 5. The lowest BCUT2D eigenvalue weighted by atomic mass is 9.80. The third kappa shape index (κ3) is 27.6. The van der Waals surface area contributed by atoms with E-state index in [2.05, 4.69) is 194 Å². The second kappa shape index (κ2) is 47.3. The van der Waals surface area contributed by atoms with Crippen LogP contribution in [0.4, 0.5) is 11.4 Å². The molecule has 10 fully saturated rings. The fourth-order valence-electron chi connectivity index (χ4n) is 18.5. The van der Waals surface area contributed by atoms with Gasteiger partial charge in [0, 0.05) is 241 Å². The van der Waals surface area contributed by atoms with Crippen molar-refractivity contribution in [2.45, 2.75) is 198 Å². The minimum Gasteiger partial charge on any atom is -0.481 e. The SMILES string of the molecule is CC(C(=O)O)C1(O)CCN(Cc2ccccc2)CC1.CC1CC(=O)OC12CCN(Cc1ccccc1)CC2.CC1CC(=O)OC12CCN(c1c(Cl)cncc1-c1ccc(-c3cnn(C)c3)cc1)CC2.CC1CC(=O)OC12CCN(c1c(Cl)cncc1Br)CC2.CC1CC(=O)OC12CCNCC2.CCC(=O)O.Clc1cncc(Br)c1Cl.O=C1CCN(Cc2ccccc2)CC1. The molecular weight excluding hydrogens is 1860 g/mol. The Hall–Kier alpha value is -8.45. The summed E-state index contributed by atoms with van der Waals surface area (Å²) in [5.41, 5.74) is 8.29. The summed E-state index contributed by atoms with van der Waals surface area (Å²) in [4.78, 5) is 101. The van der Waals surface area contributed by atoms with Crippen LogP contribution in [0.2, 0.25) is 20.1 Å². The average molecular weight is 1980 g/mol. The first-order valence-corrected chi connectivity index (χ1v) is 47.8. The number of pyridine rings is 3. The van der Waals surface area contributed by atoms with Gasteiger partial charge in [-0.15, -0.1) is 0 Å². The number of hydrogen-bond donors (Lipinski definition) is 4. The van der Waals surface area contributed by atoms with Gasteiger partial charge in [0.1, 0.15) is 28.2 Å². The highest BCUT2D eigenvalue weighted by atomic mass is 79.9. The van der Waals surface area contributed by atoms with Crippen LogP contribution in [0.3, 0.4) is 0 Å². The van der Waals surface area contributed by atoms with Crippen molar-refractivity contribution in [1.82, 2.24) is 44.7 Å². The third-order valence-corrected chi connectivity index (χ3v) is 29.6. The molecular formula is C98H121Br2Cl4N11O14. The molecule has 8 aromatic rings. The number of benzene rings is 4. The number of piperidine rings is 6. The lowest BCUT2D eigenvalue weighted by molar-refractivity contribution is -0.155. The van der Waals surface area contributed by atoms with E-state index >= 15 is 0 Å². The van der Waals surface area contributed by atoms with Crippen molar-refractivity contribution in [3.8, 4) is 22.3 Å². The zero-order valence-corrected chi connectivity index (χ0v) is 80.9. The summed E-state index contributed by atoms with van der Waals surface area (Å²) in [6.07, 6.45) is 26.2. The van der Waals surface area contributed by atoms with Crippen LogP contribution < -0.4 is 15.1 Å². The number of carboxylic acids is 2. The molecule has 10 saturated heterocycles. The normalized spacial score (nSPS) is 21.9. The van der Waals surface area contributed by atoms with Crippen molar-refractivity contribution in [3.05, 3.63) is 211 Å². The van der Waals surface area contributed by atoms with Gasteiger partial charge in [0.05, 0.1) is 83.8 Å². The standard InChI is InChI=1S/C24H25ClN4O2.C16H21NO2.C15H21NO3.C14H16BrClN2O2.C12H15NO.C9H15NO2.C5H2BrCl2N.C3H6O2/c1-16-11-22(30)31-24(16)7-9-29(10-8-24)23-20(13-26-14-21(23)25)18-5-3-17(4-6-18)19-12-27-28(2)15-19;1-13-11-15(18)19-16(13)7-9-17(10-8-16)12-14-5-3-2-4-6-14;1-12(14(17)18)15(19)7-9-16(10-8-15)11-13-5-3-2-4-6-13;1-9-6-12(19)20-14(9)2-4-18(5-3-14)13-10(15)7-17-8-11(13)16;14-12-6-8-13(9-7-12)10-11-4-2-1-3-5-11;1-7-6-8(11)12-9(7)2-4-10-5-3-9;6-3-1-9-2-4(7)5(3)8;1-2-3(4)5/h3-6,12-16H,7-11H2,1-2H3;2-6,13H,7-12H2,1H3;2-6,12,19H,7-11H2,1H3,(H,17,18);7-9H,2-6H2,1H3;1-5H,6-10H2;7,10H,2-6H2,1H3;1-2H;2H2,1H3,(H,4,5). The van der Waals surface area contributed by atoms with Crippen LogP contribution in [0.15, 0.2) is 174 Å². The lowest BCUT2D eigenvalue weighted by Crippen LogP contribution is -2.49. The van der Waals surface area contributed by atoms with Gasteiger partial charge in [0.15, 0.2) is 0 Å².